The Morgan fingerprint density at radius 1 is 1.25 bits per heavy atom. The van der Waals surface area contributed by atoms with Crippen LogP contribution in [0.1, 0.15) is 42.4 Å². The quantitative estimate of drug-likeness (QED) is 0.621. The van der Waals surface area contributed by atoms with Gasteiger partial charge in [0, 0.05) is 35.5 Å². The summed E-state index contributed by atoms with van der Waals surface area (Å²) < 4.78 is 1.99. The molecule has 4 N–H and O–H groups in total. The zero-order valence-corrected chi connectivity index (χ0v) is 16.1. The SMILES string of the molecule is CCC(C)C1NC(=O)c2c1n(C)c1ccccc1c2=O.O.[Cl-].[Mg].[OH-]. The predicted molar refractivity (Wildman–Crippen MR) is 90.2 cm³/mol. The minimum absolute atomic E-state index is 0. The summed E-state index contributed by atoms with van der Waals surface area (Å²) in [5.74, 6) is 0.0589. The van der Waals surface area contributed by atoms with Gasteiger partial charge in [-0.1, -0.05) is 32.4 Å². The Morgan fingerprint density at radius 2 is 1.83 bits per heavy atom. The zero-order valence-electron chi connectivity index (χ0n) is 14.0. The molecule has 2 aromatic rings. The average Bonchev–Trinajstić information content (AvgIpc) is 2.82. The van der Waals surface area contributed by atoms with Gasteiger partial charge in [-0.15, -0.1) is 0 Å². The van der Waals surface area contributed by atoms with E-state index in [9.17, 15) is 9.59 Å². The minimum atomic E-state index is -0.239. The first-order valence-corrected chi connectivity index (χ1v) is 6.98. The molecule has 0 bridgehead atoms. The number of nitrogens with one attached hydrogen (secondary N) is 1. The lowest BCUT2D eigenvalue weighted by Gasteiger charge is -2.21. The van der Waals surface area contributed by atoms with Crippen LogP contribution in [0.2, 0.25) is 0 Å². The molecule has 1 aliphatic heterocycles. The van der Waals surface area contributed by atoms with Gasteiger partial charge in [0.1, 0.15) is 5.56 Å². The fraction of sp³-hybridized carbons (Fsp3) is 0.375. The van der Waals surface area contributed by atoms with Gasteiger partial charge in [-0.25, -0.2) is 0 Å². The molecule has 0 aliphatic carbocycles. The van der Waals surface area contributed by atoms with Crippen LogP contribution in [0.4, 0.5) is 0 Å². The first-order chi connectivity index (χ1) is 9.56. The normalized spacial score (nSPS) is 15.8. The second-order valence-electron chi connectivity index (χ2n) is 5.50. The van der Waals surface area contributed by atoms with E-state index in [-0.39, 0.29) is 63.8 Å². The number of amides is 1. The van der Waals surface area contributed by atoms with Crippen molar-refractivity contribution in [3.63, 3.8) is 0 Å². The van der Waals surface area contributed by atoms with E-state index in [1.165, 1.54) is 0 Å². The van der Waals surface area contributed by atoms with Crippen LogP contribution >= 0.6 is 0 Å². The number of aryl methyl sites for hydroxylation is 1. The lowest BCUT2D eigenvalue weighted by molar-refractivity contribution is -0.0000152. The van der Waals surface area contributed by atoms with Gasteiger partial charge in [0.15, 0.2) is 0 Å². The highest BCUT2D eigenvalue weighted by molar-refractivity contribution is 6.01. The number of pyridine rings is 1. The van der Waals surface area contributed by atoms with Gasteiger partial charge >= 0.3 is 0 Å². The highest BCUT2D eigenvalue weighted by Gasteiger charge is 2.36. The first kappa shape index (κ1) is 25.1. The molecule has 1 aromatic heterocycles. The number of nitrogens with zero attached hydrogens (tertiary/aromatic N) is 1. The van der Waals surface area contributed by atoms with Crippen molar-refractivity contribution in [2.24, 2.45) is 13.0 Å². The lowest BCUT2D eigenvalue weighted by Crippen LogP contribution is -3.00. The van der Waals surface area contributed by atoms with Crippen molar-refractivity contribution in [2.75, 3.05) is 0 Å². The van der Waals surface area contributed by atoms with Crippen molar-refractivity contribution in [1.29, 1.82) is 0 Å². The molecule has 0 saturated carbocycles. The van der Waals surface area contributed by atoms with Gasteiger partial charge in [0.05, 0.1) is 17.3 Å². The standard InChI is InChI=1S/C16H18N2O2.ClH.Mg.2H2O/c1-4-9(2)13-14-12(16(20)17-13)15(19)10-7-5-6-8-11(10)18(14)3;;;;/h5-9,13H,4H2,1-3H3,(H,17,20);1H;;2*1H2/p-2. The van der Waals surface area contributed by atoms with Crippen LogP contribution in [0.25, 0.3) is 10.9 Å². The van der Waals surface area contributed by atoms with Crippen LogP contribution in [0.15, 0.2) is 29.1 Å². The number of aromatic nitrogens is 1. The number of hydrogen-bond acceptors (Lipinski definition) is 3. The summed E-state index contributed by atoms with van der Waals surface area (Å²) in [6.45, 7) is 4.19. The van der Waals surface area contributed by atoms with E-state index in [1.807, 2.05) is 29.8 Å². The molecule has 2 radical (unpaired) electrons. The Morgan fingerprint density at radius 3 is 2.42 bits per heavy atom. The van der Waals surface area contributed by atoms with Crippen LogP contribution in [0.5, 0.6) is 0 Å². The predicted octanol–water partition coefficient (Wildman–Crippen LogP) is -2.01. The number of rotatable bonds is 2. The van der Waals surface area contributed by atoms with Crippen LogP contribution in [-0.2, 0) is 7.05 Å². The number of carbonyl (C=O) groups excluding carboxylic acids is 1. The summed E-state index contributed by atoms with van der Waals surface area (Å²) in [7, 11) is 1.93. The second-order valence-corrected chi connectivity index (χ2v) is 5.50. The molecule has 8 heteroatoms. The van der Waals surface area contributed by atoms with Crippen molar-refractivity contribution < 1.29 is 28.2 Å². The summed E-state index contributed by atoms with van der Waals surface area (Å²) in [5.41, 5.74) is 1.86. The Kier molecular flexibility index (Phi) is 9.82. The molecule has 1 amide bonds. The Labute approximate surface area is 162 Å². The van der Waals surface area contributed by atoms with Crippen molar-refractivity contribution in [3.8, 4) is 0 Å². The molecule has 1 aliphatic rings. The number of hydrogen-bond donors (Lipinski definition) is 1. The number of halogens is 1. The van der Waals surface area contributed by atoms with E-state index in [2.05, 4.69) is 19.2 Å². The summed E-state index contributed by atoms with van der Waals surface area (Å²) in [4.78, 5) is 24.8. The summed E-state index contributed by atoms with van der Waals surface area (Å²) in [6.07, 6.45) is 0.950. The molecule has 2 unspecified atom stereocenters. The van der Waals surface area contributed by atoms with E-state index in [0.717, 1.165) is 17.6 Å². The monoisotopic (exact) mass is 364 g/mol. The molecule has 24 heavy (non-hydrogen) atoms. The van der Waals surface area contributed by atoms with Crippen molar-refractivity contribution in [3.05, 3.63) is 45.7 Å². The third kappa shape index (κ3) is 3.60. The fourth-order valence-electron chi connectivity index (χ4n) is 3.02. The van der Waals surface area contributed by atoms with Gasteiger partial charge in [-0.05, 0) is 18.1 Å². The van der Waals surface area contributed by atoms with Gasteiger partial charge in [0.25, 0.3) is 5.91 Å². The van der Waals surface area contributed by atoms with Crippen LogP contribution in [0.3, 0.4) is 0 Å². The van der Waals surface area contributed by atoms with E-state index in [1.54, 1.807) is 6.07 Å². The highest BCUT2D eigenvalue weighted by Crippen LogP contribution is 2.32. The number of fused-ring (bicyclic) bond motifs is 2. The number of para-hydroxylation sites is 1. The largest absolute Gasteiger partial charge is 1.00 e. The molecule has 1 aromatic carbocycles. The summed E-state index contributed by atoms with van der Waals surface area (Å²) in [5, 5.41) is 3.57. The maximum atomic E-state index is 12.6. The minimum Gasteiger partial charge on any atom is -1.00 e. The molecule has 130 valence electrons. The van der Waals surface area contributed by atoms with Crippen LogP contribution in [-0.4, -0.2) is 44.5 Å². The van der Waals surface area contributed by atoms with Crippen LogP contribution < -0.4 is 23.2 Å². The second kappa shape index (κ2) is 9.38. The molecule has 6 nitrogen and oxygen atoms in total. The van der Waals surface area contributed by atoms with Gasteiger partial charge < -0.3 is 33.2 Å². The highest BCUT2D eigenvalue weighted by atomic mass is 35.5. The van der Waals surface area contributed by atoms with E-state index in [4.69, 9.17) is 0 Å². The van der Waals surface area contributed by atoms with E-state index in [0.29, 0.717) is 16.9 Å². The average molecular weight is 365 g/mol. The Hall–Kier alpha value is -1.12. The van der Waals surface area contributed by atoms with Gasteiger partial charge in [-0.2, -0.15) is 0 Å². The van der Waals surface area contributed by atoms with Gasteiger partial charge in [-0.3, -0.25) is 9.59 Å². The molecule has 0 spiro atoms. The summed E-state index contributed by atoms with van der Waals surface area (Å²) in [6, 6.07) is 7.37. The summed E-state index contributed by atoms with van der Waals surface area (Å²) >= 11 is 0. The Balaban J connectivity index is 0. The fourth-order valence-corrected chi connectivity index (χ4v) is 3.02. The maximum Gasteiger partial charge on any atom is 0.257 e. The topological polar surface area (TPSA) is 113 Å². The molecule has 0 saturated heterocycles. The number of carbonyl (C=O) groups is 1. The molecular formula is C16H21ClMgN2O4-2. The van der Waals surface area contributed by atoms with Crippen LogP contribution in [0, 0.1) is 5.92 Å². The Bertz CT molecular complexity index is 778. The van der Waals surface area contributed by atoms with Crippen molar-refractivity contribution in [2.45, 2.75) is 26.3 Å². The smallest absolute Gasteiger partial charge is 0.257 e. The molecular weight excluding hydrogens is 344 g/mol. The first-order valence-electron chi connectivity index (χ1n) is 6.98. The van der Waals surface area contributed by atoms with Gasteiger partial charge in [0.2, 0.25) is 5.43 Å². The van der Waals surface area contributed by atoms with Crippen molar-refractivity contribution >= 4 is 39.9 Å². The van der Waals surface area contributed by atoms with Crippen molar-refractivity contribution in [1.82, 2.24) is 9.88 Å². The molecule has 2 atom stereocenters. The lowest BCUT2D eigenvalue weighted by atomic mass is 9.95. The zero-order chi connectivity index (χ0) is 14.4. The van der Waals surface area contributed by atoms with E-state index < -0.39 is 0 Å². The van der Waals surface area contributed by atoms with E-state index >= 15 is 0 Å². The third-order valence-corrected chi connectivity index (χ3v) is 4.38. The molecule has 2 heterocycles. The number of benzene rings is 1. The molecule has 3 rings (SSSR count). The third-order valence-electron chi connectivity index (χ3n) is 4.38. The maximum absolute atomic E-state index is 12.6. The molecule has 0 fully saturated rings.